The number of thioether (sulfide) groups is 1. The number of hydrogen-bond donors (Lipinski definition) is 2. The van der Waals surface area contributed by atoms with Crippen molar-refractivity contribution < 1.29 is 0 Å². The van der Waals surface area contributed by atoms with Crippen LogP contribution in [-0.2, 0) is 0 Å². The normalized spacial score (nSPS) is 29.4. The van der Waals surface area contributed by atoms with E-state index >= 15 is 0 Å². The van der Waals surface area contributed by atoms with Crippen molar-refractivity contribution in [3.8, 4) is 0 Å². The SMILES string of the molecule is CN=C(NC)NC1CCC1SC. The molecule has 4 heteroatoms. The number of hydrogen-bond acceptors (Lipinski definition) is 2. The first kappa shape index (κ1) is 9.71. The fourth-order valence-electron chi connectivity index (χ4n) is 1.34. The lowest BCUT2D eigenvalue weighted by molar-refractivity contribution is 0.396. The average Bonchev–Trinajstić information content (AvgIpc) is 2.05. The Morgan fingerprint density at radius 1 is 1.50 bits per heavy atom. The Bertz CT molecular complexity index is 168. The van der Waals surface area contributed by atoms with Crippen LogP contribution >= 0.6 is 11.8 Å². The third-order valence-electron chi connectivity index (χ3n) is 2.30. The van der Waals surface area contributed by atoms with Gasteiger partial charge < -0.3 is 10.6 Å². The smallest absolute Gasteiger partial charge is 0.190 e. The maximum atomic E-state index is 4.08. The zero-order valence-electron chi connectivity index (χ0n) is 7.92. The highest BCUT2D eigenvalue weighted by Gasteiger charge is 2.30. The molecule has 0 saturated heterocycles. The molecule has 12 heavy (non-hydrogen) atoms. The van der Waals surface area contributed by atoms with Crippen LogP contribution in [0.5, 0.6) is 0 Å². The average molecular weight is 187 g/mol. The molecule has 0 aromatic carbocycles. The van der Waals surface area contributed by atoms with Crippen LogP contribution < -0.4 is 10.6 Å². The van der Waals surface area contributed by atoms with Gasteiger partial charge in [-0.05, 0) is 19.1 Å². The monoisotopic (exact) mass is 187 g/mol. The molecule has 0 amide bonds. The Balaban J connectivity index is 2.31. The molecule has 3 nitrogen and oxygen atoms in total. The Hall–Kier alpha value is -0.380. The highest BCUT2D eigenvalue weighted by atomic mass is 32.2. The van der Waals surface area contributed by atoms with Crippen LogP contribution in [-0.4, -0.2) is 37.6 Å². The van der Waals surface area contributed by atoms with Crippen molar-refractivity contribution in [1.29, 1.82) is 0 Å². The summed E-state index contributed by atoms with van der Waals surface area (Å²) in [4.78, 5) is 4.08. The third-order valence-corrected chi connectivity index (χ3v) is 3.47. The van der Waals surface area contributed by atoms with Gasteiger partial charge >= 0.3 is 0 Å². The topological polar surface area (TPSA) is 36.4 Å². The molecule has 1 rings (SSSR count). The first-order valence-electron chi connectivity index (χ1n) is 4.25. The van der Waals surface area contributed by atoms with Crippen LogP contribution in [0.2, 0.25) is 0 Å². The van der Waals surface area contributed by atoms with E-state index < -0.39 is 0 Å². The van der Waals surface area contributed by atoms with E-state index in [1.807, 2.05) is 18.8 Å². The molecular formula is C8H17N3S. The molecule has 1 fully saturated rings. The van der Waals surface area contributed by atoms with E-state index in [-0.39, 0.29) is 0 Å². The van der Waals surface area contributed by atoms with Gasteiger partial charge in [0.2, 0.25) is 0 Å². The quantitative estimate of drug-likeness (QED) is 0.493. The number of nitrogens with one attached hydrogen (secondary N) is 2. The summed E-state index contributed by atoms with van der Waals surface area (Å²) in [6.07, 6.45) is 4.77. The number of rotatable bonds is 2. The van der Waals surface area contributed by atoms with Crippen molar-refractivity contribution in [3.05, 3.63) is 0 Å². The summed E-state index contributed by atoms with van der Waals surface area (Å²) in [6.45, 7) is 0. The van der Waals surface area contributed by atoms with Crippen LogP contribution in [0.1, 0.15) is 12.8 Å². The van der Waals surface area contributed by atoms with Gasteiger partial charge in [0.05, 0.1) is 0 Å². The molecule has 1 saturated carbocycles. The van der Waals surface area contributed by atoms with Gasteiger partial charge in [-0.15, -0.1) is 0 Å². The fraction of sp³-hybridized carbons (Fsp3) is 0.875. The summed E-state index contributed by atoms with van der Waals surface area (Å²) in [6, 6.07) is 0.617. The molecular weight excluding hydrogens is 170 g/mol. The van der Waals surface area contributed by atoms with Crippen molar-refractivity contribution in [2.24, 2.45) is 4.99 Å². The molecule has 0 bridgehead atoms. The minimum Gasteiger partial charge on any atom is -0.359 e. The minimum absolute atomic E-state index is 0.617. The molecule has 0 radical (unpaired) electrons. The first-order valence-corrected chi connectivity index (χ1v) is 5.54. The summed E-state index contributed by atoms with van der Waals surface area (Å²) < 4.78 is 0. The Morgan fingerprint density at radius 3 is 2.58 bits per heavy atom. The number of aliphatic imine (C=N–C) groups is 1. The predicted molar refractivity (Wildman–Crippen MR) is 55.9 cm³/mol. The first-order chi connectivity index (χ1) is 5.81. The second kappa shape index (κ2) is 4.60. The van der Waals surface area contributed by atoms with Crippen molar-refractivity contribution in [2.45, 2.75) is 24.1 Å². The zero-order valence-corrected chi connectivity index (χ0v) is 8.74. The van der Waals surface area contributed by atoms with Gasteiger partial charge in [0.1, 0.15) is 0 Å². The van der Waals surface area contributed by atoms with Gasteiger partial charge in [0.15, 0.2) is 5.96 Å². The van der Waals surface area contributed by atoms with E-state index in [0.29, 0.717) is 6.04 Å². The Kier molecular flexibility index (Phi) is 3.72. The van der Waals surface area contributed by atoms with Gasteiger partial charge in [-0.1, -0.05) is 0 Å². The molecule has 2 unspecified atom stereocenters. The highest BCUT2D eigenvalue weighted by molar-refractivity contribution is 7.99. The van der Waals surface area contributed by atoms with Gasteiger partial charge in [0.25, 0.3) is 0 Å². The molecule has 1 aliphatic carbocycles. The van der Waals surface area contributed by atoms with E-state index in [9.17, 15) is 0 Å². The van der Waals surface area contributed by atoms with Gasteiger partial charge in [0, 0.05) is 25.4 Å². The van der Waals surface area contributed by atoms with Crippen LogP contribution in [0.25, 0.3) is 0 Å². The molecule has 0 aromatic heterocycles. The van der Waals surface area contributed by atoms with Gasteiger partial charge in [-0.25, -0.2) is 0 Å². The van der Waals surface area contributed by atoms with Crippen LogP contribution in [0.4, 0.5) is 0 Å². The zero-order chi connectivity index (χ0) is 8.97. The second-order valence-corrected chi connectivity index (χ2v) is 4.00. The third kappa shape index (κ3) is 2.06. The molecule has 1 aliphatic rings. The van der Waals surface area contributed by atoms with Gasteiger partial charge in [-0.3, -0.25) is 4.99 Å². The summed E-state index contributed by atoms with van der Waals surface area (Å²) in [7, 11) is 3.69. The van der Waals surface area contributed by atoms with Crippen molar-refractivity contribution >= 4 is 17.7 Å². The molecule has 0 aliphatic heterocycles. The maximum absolute atomic E-state index is 4.08. The lowest BCUT2D eigenvalue weighted by Gasteiger charge is -2.36. The van der Waals surface area contributed by atoms with Crippen molar-refractivity contribution in [1.82, 2.24) is 10.6 Å². The summed E-state index contributed by atoms with van der Waals surface area (Å²) in [5.41, 5.74) is 0. The van der Waals surface area contributed by atoms with Crippen molar-refractivity contribution in [2.75, 3.05) is 20.4 Å². The van der Waals surface area contributed by atoms with Gasteiger partial charge in [-0.2, -0.15) is 11.8 Å². The van der Waals surface area contributed by atoms with E-state index in [4.69, 9.17) is 0 Å². The Labute approximate surface area is 78.4 Å². The number of nitrogens with zero attached hydrogens (tertiary/aromatic N) is 1. The number of guanidine groups is 1. The minimum atomic E-state index is 0.617. The molecule has 0 heterocycles. The lowest BCUT2D eigenvalue weighted by Crippen LogP contribution is -2.51. The van der Waals surface area contributed by atoms with E-state index in [2.05, 4.69) is 21.9 Å². The largest absolute Gasteiger partial charge is 0.359 e. The predicted octanol–water partition coefficient (Wildman–Crippen LogP) is 0.675. The molecule has 70 valence electrons. The summed E-state index contributed by atoms with van der Waals surface area (Å²) >= 11 is 1.94. The second-order valence-electron chi connectivity index (χ2n) is 2.92. The van der Waals surface area contributed by atoms with Crippen molar-refractivity contribution in [3.63, 3.8) is 0 Å². The lowest BCUT2D eigenvalue weighted by atomic mass is 9.92. The highest BCUT2D eigenvalue weighted by Crippen LogP contribution is 2.29. The standard InChI is InChI=1S/C8H17N3S/c1-9-8(10-2)11-6-4-5-7(6)12-3/h6-7H,4-5H2,1-3H3,(H2,9,10,11). The fourth-order valence-corrected chi connectivity index (χ4v) is 2.25. The van der Waals surface area contributed by atoms with E-state index in [1.54, 1.807) is 7.05 Å². The molecule has 2 atom stereocenters. The maximum Gasteiger partial charge on any atom is 0.190 e. The van der Waals surface area contributed by atoms with E-state index in [0.717, 1.165) is 11.2 Å². The Morgan fingerprint density at radius 2 is 2.25 bits per heavy atom. The van der Waals surface area contributed by atoms with Crippen LogP contribution in [0.3, 0.4) is 0 Å². The van der Waals surface area contributed by atoms with Crippen LogP contribution in [0, 0.1) is 0 Å². The molecule has 0 aromatic rings. The molecule has 2 N–H and O–H groups in total. The summed E-state index contributed by atoms with van der Waals surface area (Å²) in [5.74, 6) is 0.902. The van der Waals surface area contributed by atoms with Crippen LogP contribution in [0.15, 0.2) is 4.99 Å². The molecule has 0 spiro atoms. The van der Waals surface area contributed by atoms with E-state index in [1.165, 1.54) is 12.8 Å². The summed E-state index contributed by atoms with van der Waals surface area (Å²) in [5, 5.41) is 7.17.